The molecule has 0 saturated carbocycles. The van der Waals surface area contributed by atoms with Crippen molar-refractivity contribution in [3.05, 3.63) is 76.2 Å². The van der Waals surface area contributed by atoms with E-state index in [0.717, 1.165) is 34.6 Å². The number of piperidine rings is 1. The molecule has 0 radical (unpaired) electrons. The Labute approximate surface area is 218 Å². The lowest BCUT2D eigenvalue weighted by Crippen LogP contribution is -2.42. The van der Waals surface area contributed by atoms with E-state index < -0.39 is 0 Å². The van der Waals surface area contributed by atoms with Crippen molar-refractivity contribution in [3.8, 4) is 0 Å². The summed E-state index contributed by atoms with van der Waals surface area (Å²) in [5.74, 6) is 0.548. The third-order valence-electron chi connectivity index (χ3n) is 6.97. The number of para-hydroxylation sites is 2. The number of carbonyl (C=O) groups excluding carboxylic acids is 1. The lowest BCUT2D eigenvalue weighted by molar-refractivity contribution is -0.132. The third-order valence-corrected chi connectivity index (χ3v) is 7.77. The van der Waals surface area contributed by atoms with Crippen LogP contribution in [-0.2, 0) is 11.2 Å². The minimum Gasteiger partial charge on any atom is -0.344 e. The van der Waals surface area contributed by atoms with Gasteiger partial charge < -0.3 is 14.8 Å². The van der Waals surface area contributed by atoms with Crippen LogP contribution in [0.4, 0.5) is 9.52 Å². The predicted molar refractivity (Wildman–Crippen MR) is 144 cm³/mol. The minimum absolute atomic E-state index is 0.0841. The fraction of sp³-hybridized carbons (Fsp3) is 0.407. The van der Waals surface area contributed by atoms with Gasteiger partial charge in [-0.25, -0.2) is 14.2 Å². The number of nitrogens with one attached hydrogen (secondary N) is 1. The second-order valence-electron chi connectivity index (χ2n) is 9.76. The van der Waals surface area contributed by atoms with Crippen LogP contribution in [0, 0.1) is 5.82 Å². The molecule has 8 nitrogen and oxygen atoms in total. The molecule has 0 bridgehead atoms. The van der Waals surface area contributed by atoms with Gasteiger partial charge in [0, 0.05) is 56.1 Å². The number of hydrogen-bond acceptors (Lipinski definition) is 6. The van der Waals surface area contributed by atoms with Crippen LogP contribution in [0.25, 0.3) is 11.0 Å². The van der Waals surface area contributed by atoms with Crippen molar-refractivity contribution >= 4 is 33.6 Å². The lowest BCUT2D eigenvalue weighted by atomic mass is 10.0. The van der Waals surface area contributed by atoms with E-state index in [9.17, 15) is 14.0 Å². The van der Waals surface area contributed by atoms with Crippen LogP contribution in [0.3, 0.4) is 0 Å². The van der Waals surface area contributed by atoms with Crippen LogP contribution in [0.1, 0.15) is 50.5 Å². The molecular formula is C27H31FN6O2S. The quantitative estimate of drug-likeness (QED) is 0.371. The Bertz CT molecular complexity index is 1420. The fourth-order valence-corrected chi connectivity index (χ4v) is 5.82. The highest BCUT2D eigenvalue weighted by atomic mass is 32.1. The second kappa shape index (κ2) is 10.8. The molecule has 3 heterocycles. The maximum atomic E-state index is 13.2. The van der Waals surface area contributed by atoms with Crippen LogP contribution in [0.5, 0.6) is 0 Å². The van der Waals surface area contributed by atoms with E-state index in [2.05, 4.69) is 28.1 Å². The summed E-state index contributed by atoms with van der Waals surface area (Å²) in [6.07, 6.45) is 2.44. The maximum Gasteiger partial charge on any atom is 0.326 e. The number of anilines is 1. The first kappa shape index (κ1) is 25.1. The van der Waals surface area contributed by atoms with E-state index in [-0.39, 0.29) is 29.5 Å². The number of H-pyrrole nitrogens is 1. The first-order valence-electron chi connectivity index (χ1n) is 12.7. The summed E-state index contributed by atoms with van der Waals surface area (Å²) >= 11 is 1.33. The van der Waals surface area contributed by atoms with Crippen LogP contribution in [0.2, 0.25) is 0 Å². The molecule has 2 aromatic carbocycles. The molecule has 0 unspecified atom stereocenters. The van der Waals surface area contributed by atoms with Crippen LogP contribution in [-0.4, -0.2) is 55.4 Å². The Hall–Kier alpha value is -3.53. The summed E-state index contributed by atoms with van der Waals surface area (Å²) in [7, 11) is 0. The molecule has 1 aliphatic rings. The molecule has 1 amide bonds. The standard InChI is InChI=1S/C27H31FN6O2S/c1-18(2)33(27-30-24(31-37-27)17-19-7-9-20(28)10-8-19)16-13-25(35)32-14-11-21(12-15-32)34-23-6-4-3-5-22(23)29-26(34)36/h3-10,18,21H,11-17H2,1-2H3,(H,29,36). The molecular weight excluding hydrogens is 491 g/mol. The average molecular weight is 523 g/mol. The molecule has 5 rings (SSSR count). The van der Waals surface area contributed by atoms with Gasteiger partial charge in [0.15, 0.2) is 0 Å². The Balaban J connectivity index is 1.17. The largest absolute Gasteiger partial charge is 0.344 e. The Morgan fingerprint density at radius 3 is 2.62 bits per heavy atom. The van der Waals surface area contributed by atoms with Crippen molar-refractivity contribution in [1.82, 2.24) is 23.8 Å². The zero-order valence-electron chi connectivity index (χ0n) is 21.1. The summed E-state index contributed by atoms with van der Waals surface area (Å²) in [4.78, 5) is 37.3. The average Bonchev–Trinajstić information content (AvgIpc) is 3.48. The molecule has 1 saturated heterocycles. The van der Waals surface area contributed by atoms with E-state index >= 15 is 0 Å². The summed E-state index contributed by atoms with van der Waals surface area (Å²) in [5, 5.41) is 0.789. The number of rotatable bonds is 8. The zero-order chi connectivity index (χ0) is 25.9. The van der Waals surface area contributed by atoms with Gasteiger partial charge in [0.1, 0.15) is 11.6 Å². The number of fused-ring (bicyclic) bond motifs is 1. The number of halogens is 1. The van der Waals surface area contributed by atoms with Crippen molar-refractivity contribution in [3.63, 3.8) is 0 Å². The molecule has 0 atom stereocenters. The Morgan fingerprint density at radius 2 is 1.89 bits per heavy atom. The van der Waals surface area contributed by atoms with Crippen LogP contribution in [0.15, 0.2) is 53.3 Å². The number of aromatic nitrogens is 4. The third kappa shape index (κ3) is 5.58. The van der Waals surface area contributed by atoms with Gasteiger partial charge in [-0.2, -0.15) is 4.37 Å². The molecule has 1 N–H and O–H groups in total. The van der Waals surface area contributed by atoms with Crippen LogP contribution >= 0.6 is 11.5 Å². The summed E-state index contributed by atoms with van der Waals surface area (Å²) < 4.78 is 19.5. The fourth-order valence-electron chi connectivity index (χ4n) is 4.98. The molecule has 1 fully saturated rings. The molecule has 4 aromatic rings. The normalized spacial score (nSPS) is 14.5. The first-order chi connectivity index (χ1) is 17.9. The SMILES string of the molecule is CC(C)N(CCC(=O)N1CCC(n2c(=O)[nH]c3ccccc32)CC1)c1nc(Cc2ccc(F)cc2)ns1. The highest BCUT2D eigenvalue weighted by Crippen LogP contribution is 2.26. The molecule has 0 spiro atoms. The number of imidazole rings is 1. The first-order valence-corrected chi connectivity index (χ1v) is 13.5. The van der Waals surface area contributed by atoms with Gasteiger partial charge in [-0.05, 0) is 56.5 Å². The topological polar surface area (TPSA) is 87.1 Å². The molecule has 194 valence electrons. The molecule has 2 aromatic heterocycles. The highest BCUT2D eigenvalue weighted by molar-refractivity contribution is 7.09. The van der Waals surface area contributed by atoms with E-state index in [1.54, 1.807) is 12.1 Å². The maximum absolute atomic E-state index is 13.2. The van der Waals surface area contributed by atoms with Gasteiger partial charge in [-0.3, -0.25) is 9.36 Å². The summed E-state index contributed by atoms with van der Waals surface area (Å²) in [6, 6.07) is 14.3. The Morgan fingerprint density at radius 1 is 1.16 bits per heavy atom. The second-order valence-corrected chi connectivity index (χ2v) is 10.5. The van der Waals surface area contributed by atoms with Crippen LogP contribution < -0.4 is 10.6 Å². The summed E-state index contributed by atoms with van der Waals surface area (Å²) in [6.45, 7) is 5.99. The molecule has 1 aliphatic heterocycles. The number of amides is 1. The van der Waals surface area contributed by atoms with Gasteiger partial charge in [-0.15, -0.1) is 0 Å². The monoisotopic (exact) mass is 522 g/mol. The molecule has 0 aliphatic carbocycles. The number of carbonyl (C=O) groups is 1. The number of hydrogen-bond donors (Lipinski definition) is 1. The molecule has 10 heteroatoms. The zero-order valence-corrected chi connectivity index (χ0v) is 21.9. The van der Waals surface area contributed by atoms with Crippen molar-refractivity contribution in [2.45, 2.75) is 51.6 Å². The summed E-state index contributed by atoms with van der Waals surface area (Å²) in [5.41, 5.74) is 2.63. The predicted octanol–water partition coefficient (Wildman–Crippen LogP) is 4.38. The number of nitrogens with zero attached hydrogens (tertiary/aromatic N) is 5. The van der Waals surface area contributed by atoms with Gasteiger partial charge >= 0.3 is 5.69 Å². The Kier molecular flexibility index (Phi) is 7.36. The number of likely N-dealkylation sites (tertiary alicyclic amines) is 1. The van der Waals surface area contributed by atoms with Crippen molar-refractivity contribution < 1.29 is 9.18 Å². The number of aromatic amines is 1. The van der Waals surface area contributed by atoms with Gasteiger partial charge in [-0.1, -0.05) is 24.3 Å². The van der Waals surface area contributed by atoms with Crippen molar-refractivity contribution in [2.75, 3.05) is 24.5 Å². The van der Waals surface area contributed by atoms with Gasteiger partial charge in [0.2, 0.25) is 11.0 Å². The van der Waals surface area contributed by atoms with E-state index in [0.29, 0.717) is 38.3 Å². The van der Waals surface area contributed by atoms with Gasteiger partial charge in [0.25, 0.3) is 0 Å². The highest BCUT2D eigenvalue weighted by Gasteiger charge is 2.27. The van der Waals surface area contributed by atoms with E-state index in [1.807, 2.05) is 33.7 Å². The lowest BCUT2D eigenvalue weighted by Gasteiger charge is -2.33. The molecule has 37 heavy (non-hydrogen) atoms. The van der Waals surface area contributed by atoms with Crippen molar-refractivity contribution in [2.24, 2.45) is 0 Å². The van der Waals surface area contributed by atoms with Gasteiger partial charge in [0.05, 0.1) is 11.0 Å². The van der Waals surface area contributed by atoms with E-state index in [1.165, 1.54) is 23.7 Å². The minimum atomic E-state index is -0.262. The van der Waals surface area contributed by atoms with E-state index in [4.69, 9.17) is 4.98 Å². The smallest absolute Gasteiger partial charge is 0.326 e. The number of benzene rings is 2. The van der Waals surface area contributed by atoms with Crippen molar-refractivity contribution in [1.29, 1.82) is 0 Å².